The van der Waals surface area contributed by atoms with E-state index in [9.17, 15) is 9.59 Å². The minimum Gasteiger partial charge on any atom is -0.497 e. The Morgan fingerprint density at radius 3 is 2.71 bits per heavy atom. The van der Waals surface area contributed by atoms with Crippen molar-refractivity contribution in [2.24, 2.45) is 5.84 Å². The fourth-order valence-electron chi connectivity index (χ4n) is 1.63. The SMILES string of the molecule is COc1cccc(C(CN(C)N)OC(=O)/C=C/C(=O)O)c1. The number of likely N-dealkylation sites (N-methyl/N-ethyl adjacent to an activating group) is 1. The van der Waals surface area contributed by atoms with Gasteiger partial charge in [0.05, 0.1) is 13.7 Å². The van der Waals surface area contributed by atoms with Crippen LogP contribution in [-0.2, 0) is 14.3 Å². The Balaban J connectivity index is 2.89. The molecule has 7 heteroatoms. The maximum Gasteiger partial charge on any atom is 0.331 e. The number of carbonyl (C=O) groups excluding carboxylic acids is 1. The van der Waals surface area contributed by atoms with Crippen LogP contribution in [0.15, 0.2) is 36.4 Å². The number of methoxy groups -OCH3 is 1. The predicted octanol–water partition coefficient (Wildman–Crippen LogP) is 0.726. The van der Waals surface area contributed by atoms with E-state index >= 15 is 0 Å². The number of carbonyl (C=O) groups is 2. The quantitative estimate of drug-likeness (QED) is 0.331. The van der Waals surface area contributed by atoms with E-state index in [-0.39, 0.29) is 6.54 Å². The van der Waals surface area contributed by atoms with Crippen LogP contribution in [0.3, 0.4) is 0 Å². The first-order valence-electron chi connectivity index (χ1n) is 6.13. The molecule has 0 saturated heterocycles. The molecule has 1 aromatic rings. The first kappa shape index (κ1) is 16.7. The van der Waals surface area contributed by atoms with Gasteiger partial charge < -0.3 is 14.6 Å². The zero-order valence-corrected chi connectivity index (χ0v) is 11.9. The third-order valence-corrected chi connectivity index (χ3v) is 2.54. The molecule has 1 aromatic carbocycles. The van der Waals surface area contributed by atoms with Gasteiger partial charge >= 0.3 is 11.9 Å². The Hall–Kier alpha value is -2.38. The van der Waals surface area contributed by atoms with E-state index in [4.69, 9.17) is 20.4 Å². The number of benzene rings is 1. The lowest BCUT2D eigenvalue weighted by Gasteiger charge is -2.21. The van der Waals surface area contributed by atoms with Crippen LogP contribution in [0.1, 0.15) is 11.7 Å². The largest absolute Gasteiger partial charge is 0.497 e. The first-order chi connectivity index (χ1) is 9.92. The van der Waals surface area contributed by atoms with Crippen LogP contribution in [0, 0.1) is 0 Å². The number of carboxylic acids is 1. The standard InChI is InChI=1S/C14H18N2O5/c1-16(15)9-12(21-14(19)7-6-13(17)18)10-4-3-5-11(8-10)20-2/h3-8,12H,9,15H2,1-2H3,(H,17,18)/b7-6+. The fourth-order valence-corrected chi connectivity index (χ4v) is 1.63. The molecule has 3 N–H and O–H groups in total. The van der Waals surface area contributed by atoms with Crippen LogP contribution in [0.4, 0.5) is 0 Å². The summed E-state index contributed by atoms with van der Waals surface area (Å²) in [6, 6.07) is 7.02. The molecule has 21 heavy (non-hydrogen) atoms. The Morgan fingerprint density at radius 1 is 1.43 bits per heavy atom. The third kappa shape index (κ3) is 6.07. The number of ether oxygens (including phenoxy) is 2. The normalized spacial score (nSPS) is 12.4. The number of nitrogens with two attached hydrogens (primary N) is 1. The maximum absolute atomic E-state index is 11.6. The number of hydrogen-bond donors (Lipinski definition) is 2. The van der Waals surface area contributed by atoms with Crippen LogP contribution in [-0.4, -0.2) is 42.8 Å². The second kappa shape index (κ2) is 8.03. The number of aliphatic carboxylic acids is 1. The Morgan fingerprint density at radius 2 is 2.14 bits per heavy atom. The van der Waals surface area contributed by atoms with Gasteiger partial charge in [-0.1, -0.05) is 12.1 Å². The van der Waals surface area contributed by atoms with E-state index in [1.54, 1.807) is 31.3 Å². The van der Waals surface area contributed by atoms with Crippen LogP contribution in [0.5, 0.6) is 5.75 Å². The number of hydrazine groups is 1. The molecule has 1 unspecified atom stereocenters. The van der Waals surface area contributed by atoms with Crippen molar-refractivity contribution in [3.63, 3.8) is 0 Å². The number of rotatable bonds is 7. The number of nitrogens with zero attached hydrogens (tertiary/aromatic N) is 1. The van der Waals surface area contributed by atoms with Crippen LogP contribution in [0.2, 0.25) is 0 Å². The van der Waals surface area contributed by atoms with Crippen molar-refractivity contribution in [1.82, 2.24) is 5.01 Å². The summed E-state index contributed by atoms with van der Waals surface area (Å²) in [6.45, 7) is 0.250. The molecule has 0 bridgehead atoms. The smallest absolute Gasteiger partial charge is 0.331 e. The van der Waals surface area contributed by atoms with E-state index in [0.717, 1.165) is 12.2 Å². The van der Waals surface area contributed by atoms with Crippen molar-refractivity contribution in [2.75, 3.05) is 20.7 Å². The molecule has 114 valence electrons. The highest BCUT2D eigenvalue weighted by Gasteiger charge is 2.17. The van der Waals surface area contributed by atoms with E-state index in [1.807, 2.05) is 0 Å². The summed E-state index contributed by atoms with van der Waals surface area (Å²) < 4.78 is 10.3. The molecule has 0 amide bonds. The van der Waals surface area contributed by atoms with Crippen LogP contribution in [0.25, 0.3) is 0 Å². The monoisotopic (exact) mass is 294 g/mol. The Bertz CT molecular complexity index is 528. The first-order valence-corrected chi connectivity index (χ1v) is 6.13. The molecule has 0 aliphatic carbocycles. The molecule has 7 nitrogen and oxygen atoms in total. The molecular weight excluding hydrogens is 276 g/mol. The van der Waals surface area contributed by atoms with Gasteiger partial charge in [-0.25, -0.2) is 14.6 Å². The lowest BCUT2D eigenvalue weighted by atomic mass is 10.1. The summed E-state index contributed by atoms with van der Waals surface area (Å²) in [5, 5.41) is 9.86. The van der Waals surface area contributed by atoms with Gasteiger partial charge in [-0.15, -0.1) is 0 Å². The molecular formula is C14H18N2O5. The highest BCUT2D eigenvalue weighted by molar-refractivity contribution is 5.90. The average molecular weight is 294 g/mol. The second-order valence-electron chi connectivity index (χ2n) is 4.31. The van der Waals surface area contributed by atoms with E-state index in [0.29, 0.717) is 11.3 Å². The molecule has 0 radical (unpaired) electrons. The van der Waals surface area contributed by atoms with Gasteiger partial charge in [0.1, 0.15) is 11.9 Å². The lowest BCUT2D eigenvalue weighted by Crippen LogP contribution is -2.32. The van der Waals surface area contributed by atoms with Crippen molar-refractivity contribution in [3.8, 4) is 5.75 Å². The van der Waals surface area contributed by atoms with Gasteiger partial charge in [0, 0.05) is 19.2 Å². The summed E-state index contributed by atoms with van der Waals surface area (Å²) in [7, 11) is 3.17. The summed E-state index contributed by atoms with van der Waals surface area (Å²) in [6.07, 6.45) is 0.935. The molecule has 0 aliphatic heterocycles. The lowest BCUT2D eigenvalue weighted by molar-refractivity contribution is -0.144. The van der Waals surface area contributed by atoms with Crippen LogP contribution < -0.4 is 10.6 Å². The van der Waals surface area contributed by atoms with Gasteiger partial charge in [0.25, 0.3) is 0 Å². The summed E-state index contributed by atoms with van der Waals surface area (Å²) in [5.41, 5.74) is 0.698. The van der Waals surface area contributed by atoms with Crippen LogP contribution >= 0.6 is 0 Å². The van der Waals surface area contributed by atoms with Crippen molar-refractivity contribution in [3.05, 3.63) is 42.0 Å². The van der Waals surface area contributed by atoms with E-state index in [1.165, 1.54) is 12.1 Å². The maximum atomic E-state index is 11.6. The number of esters is 1. The minimum absolute atomic E-state index is 0.250. The van der Waals surface area contributed by atoms with E-state index in [2.05, 4.69) is 0 Å². The summed E-state index contributed by atoms with van der Waals surface area (Å²) in [4.78, 5) is 22.0. The number of carboxylic acid groups (broad SMARTS) is 1. The summed E-state index contributed by atoms with van der Waals surface area (Å²) in [5.74, 6) is 4.24. The number of hydrogen-bond acceptors (Lipinski definition) is 6. The van der Waals surface area contributed by atoms with Gasteiger partial charge in [-0.2, -0.15) is 0 Å². The molecule has 1 rings (SSSR count). The minimum atomic E-state index is -1.22. The van der Waals surface area contributed by atoms with Gasteiger partial charge in [-0.05, 0) is 17.7 Å². The molecule has 1 atom stereocenters. The highest BCUT2D eigenvalue weighted by atomic mass is 16.5. The van der Waals surface area contributed by atoms with Gasteiger partial charge in [0.2, 0.25) is 0 Å². The molecule has 0 spiro atoms. The van der Waals surface area contributed by atoms with Gasteiger partial charge in [0.15, 0.2) is 0 Å². The zero-order chi connectivity index (χ0) is 15.8. The topological polar surface area (TPSA) is 102 Å². The van der Waals surface area contributed by atoms with Crippen molar-refractivity contribution < 1.29 is 24.2 Å². The van der Waals surface area contributed by atoms with Crippen molar-refractivity contribution >= 4 is 11.9 Å². The predicted molar refractivity (Wildman–Crippen MR) is 75.4 cm³/mol. The molecule has 0 heterocycles. The van der Waals surface area contributed by atoms with Crippen molar-refractivity contribution in [1.29, 1.82) is 0 Å². The third-order valence-electron chi connectivity index (χ3n) is 2.54. The highest BCUT2D eigenvalue weighted by Crippen LogP contribution is 2.22. The average Bonchev–Trinajstić information content (AvgIpc) is 2.44. The second-order valence-corrected chi connectivity index (χ2v) is 4.31. The molecule has 0 aromatic heterocycles. The molecule has 0 fully saturated rings. The van der Waals surface area contributed by atoms with Gasteiger partial charge in [-0.3, -0.25) is 5.84 Å². The Labute approximate surface area is 122 Å². The van der Waals surface area contributed by atoms with E-state index < -0.39 is 18.0 Å². The fraction of sp³-hybridized carbons (Fsp3) is 0.286. The summed E-state index contributed by atoms with van der Waals surface area (Å²) >= 11 is 0. The van der Waals surface area contributed by atoms with Crippen molar-refractivity contribution in [2.45, 2.75) is 6.10 Å². The molecule has 0 aliphatic rings. The Kier molecular flexibility index (Phi) is 6.38. The zero-order valence-electron chi connectivity index (χ0n) is 11.9. The molecule has 0 saturated carbocycles.